The third kappa shape index (κ3) is 3.12. The van der Waals surface area contributed by atoms with E-state index in [1.165, 1.54) is 12.1 Å². The van der Waals surface area contributed by atoms with Crippen molar-refractivity contribution >= 4 is 17.1 Å². The van der Waals surface area contributed by atoms with Gasteiger partial charge in [0, 0.05) is 22.3 Å². The molecule has 0 N–H and O–H groups in total. The van der Waals surface area contributed by atoms with Gasteiger partial charge in [0.1, 0.15) is 5.82 Å². The molecular weight excluding hydrogens is 303 g/mol. The number of carbonyl (C=O) groups is 2. The van der Waals surface area contributed by atoms with Gasteiger partial charge in [0.15, 0.2) is 11.6 Å². The Labute approximate surface area is 143 Å². The number of benzene rings is 1. The van der Waals surface area contributed by atoms with Gasteiger partial charge in [-0.2, -0.15) is 0 Å². The van der Waals surface area contributed by atoms with Crippen molar-refractivity contribution in [1.82, 2.24) is 0 Å². The summed E-state index contributed by atoms with van der Waals surface area (Å²) in [5.74, 6) is -0.622. The lowest BCUT2D eigenvalue weighted by molar-refractivity contribution is -0.116. The fourth-order valence-corrected chi connectivity index (χ4v) is 3.36. The monoisotopic (exact) mass is 328 g/mol. The second-order valence-electron chi connectivity index (χ2n) is 7.25. The van der Waals surface area contributed by atoms with Gasteiger partial charge in [0.2, 0.25) is 0 Å². The summed E-state index contributed by atoms with van der Waals surface area (Å²) in [6.07, 6.45) is 0. The Morgan fingerprint density at radius 3 is 1.50 bits per heavy atom. The van der Waals surface area contributed by atoms with E-state index in [2.05, 4.69) is 0 Å². The van der Waals surface area contributed by atoms with Crippen molar-refractivity contribution in [2.24, 2.45) is 17.8 Å². The van der Waals surface area contributed by atoms with E-state index >= 15 is 0 Å². The molecule has 0 aliphatic heterocycles. The third-order valence-corrected chi connectivity index (χ3v) is 4.39. The molecule has 3 heteroatoms. The largest absolute Gasteiger partial charge is 0.289 e. The lowest BCUT2D eigenvalue weighted by atomic mass is 9.72. The van der Waals surface area contributed by atoms with Gasteiger partial charge in [-0.3, -0.25) is 9.59 Å². The predicted octanol–water partition coefficient (Wildman–Crippen LogP) is 5.00. The van der Waals surface area contributed by atoms with Crippen molar-refractivity contribution in [1.29, 1.82) is 0 Å². The number of Topliss-reactive ketones (excluding diaryl/α,β-unsaturated/α-hetero) is 2. The molecule has 0 saturated heterocycles. The maximum atomic E-state index is 13.3. The van der Waals surface area contributed by atoms with E-state index in [-0.39, 0.29) is 35.1 Å². The highest BCUT2D eigenvalue weighted by atomic mass is 19.1. The zero-order chi connectivity index (χ0) is 18.2. The Morgan fingerprint density at radius 2 is 1.08 bits per heavy atom. The summed E-state index contributed by atoms with van der Waals surface area (Å²) in [4.78, 5) is 26.4. The Balaban J connectivity index is 2.77. The molecule has 0 saturated carbocycles. The van der Waals surface area contributed by atoms with Crippen LogP contribution in [0.4, 0.5) is 4.39 Å². The number of carbonyl (C=O) groups excluding carboxylic acids is 2. The Bertz CT molecular complexity index is 732. The first-order chi connectivity index (χ1) is 11.2. The summed E-state index contributed by atoms with van der Waals surface area (Å²) in [6.45, 7) is 11.6. The van der Waals surface area contributed by atoms with Gasteiger partial charge >= 0.3 is 0 Å². The fraction of sp³-hybridized carbons (Fsp3) is 0.429. The van der Waals surface area contributed by atoms with Crippen LogP contribution in [0.25, 0.3) is 5.57 Å². The second-order valence-corrected chi connectivity index (χ2v) is 7.25. The van der Waals surface area contributed by atoms with Gasteiger partial charge in [-0.1, -0.05) is 53.7 Å². The minimum Gasteiger partial charge on any atom is -0.289 e. The average Bonchev–Trinajstić information content (AvgIpc) is 2.48. The first-order valence-corrected chi connectivity index (χ1v) is 8.50. The molecule has 2 rings (SSSR count). The molecule has 24 heavy (non-hydrogen) atoms. The highest BCUT2D eigenvalue weighted by molar-refractivity contribution is 6.39. The Hall–Kier alpha value is -2.03. The smallest absolute Gasteiger partial charge is 0.190 e. The van der Waals surface area contributed by atoms with Crippen molar-refractivity contribution in [2.75, 3.05) is 0 Å². The van der Waals surface area contributed by atoms with Crippen LogP contribution in [0, 0.1) is 23.6 Å². The van der Waals surface area contributed by atoms with Gasteiger partial charge in [-0.15, -0.1) is 0 Å². The number of ketones is 2. The van der Waals surface area contributed by atoms with Crippen LogP contribution in [0.5, 0.6) is 0 Å². The third-order valence-electron chi connectivity index (χ3n) is 4.39. The molecule has 0 amide bonds. The molecule has 1 aliphatic rings. The van der Waals surface area contributed by atoms with Crippen LogP contribution < -0.4 is 0 Å². The van der Waals surface area contributed by atoms with Crippen LogP contribution in [0.1, 0.15) is 47.1 Å². The molecular formula is C21H25FO2. The molecule has 0 fully saturated rings. The summed E-state index contributed by atoms with van der Waals surface area (Å²) in [5.41, 5.74) is 2.81. The lowest BCUT2D eigenvalue weighted by Gasteiger charge is -2.29. The summed E-state index contributed by atoms with van der Waals surface area (Å²) in [6, 6.07) is 5.82. The molecule has 0 radical (unpaired) electrons. The lowest BCUT2D eigenvalue weighted by Crippen LogP contribution is -2.30. The van der Waals surface area contributed by atoms with Crippen LogP contribution in [0.3, 0.4) is 0 Å². The topological polar surface area (TPSA) is 34.1 Å². The van der Waals surface area contributed by atoms with Gasteiger partial charge in [-0.05, 0) is 35.4 Å². The normalized spacial score (nSPS) is 16.2. The molecule has 0 bridgehead atoms. The van der Waals surface area contributed by atoms with E-state index < -0.39 is 0 Å². The second kappa shape index (κ2) is 6.84. The quantitative estimate of drug-likeness (QED) is 0.729. The molecule has 0 atom stereocenters. The first-order valence-electron chi connectivity index (χ1n) is 8.50. The van der Waals surface area contributed by atoms with Crippen LogP contribution in [-0.2, 0) is 9.59 Å². The number of hydrogen-bond acceptors (Lipinski definition) is 2. The zero-order valence-electron chi connectivity index (χ0n) is 15.2. The number of halogens is 1. The molecule has 1 aromatic carbocycles. The summed E-state index contributed by atoms with van der Waals surface area (Å²) >= 11 is 0. The molecule has 1 aliphatic carbocycles. The van der Waals surface area contributed by atoms with Crippen LogP contribution in [-0.4, -0.2) is 11.6 Å². The number of rotatable bonds is 4. The molecule has 2 nitrogen and oxygen atoms in total. The van der Waals surface area contributed by atoms with Gasteiger partial charge < -0.3 is 0 Å². The maximum Gasteiger partial charge on any atom is 0.190 e. The average molecular weight is 328 g/mol. The van der Waals surface area contributed by atoms with E-state index in [0.29, 0.717) is 27.9 Å². The summed E-state index contributed by atoms with van der Waals surface area (Å²) < 4.78 is 13.3. The van der Waals surface area contributed by atoms with Crippen molar-refractivity contribution in [3.8, 4) is 0 Å². The van der Waals surface area contributed by atoms with Gasteiger partial charge in [0.05, 0.1) is 0 Å². The standard InChI is InChI=1S/C21H25FO2/c1-11(2)16-17(12(3)4)21(24)19(18(13(5)6)20(16)23)14-7-9-15(22)10-8-14/h7-13H,1-6H3. The molecule has 0 heterocycles. The van der Waals surface area contributed by atoms with Crippen molar-refractivity contribution in [3.05, 3.63) is 52.4 Å². The van der Waals surface area contributed by atoms with Crippen molar-refractivity contribution < 1.29 is 14.0 Å². The van der Waals surface area contributed by atoms with E-state index in [0.717, 1.165) is 0 Å². The SMILES string of the molecule is CC(C)C1=C(c2ccc(F)cc2)C(=O)C(C(C)C)=C(C(C)C)C1=O. The number of allylic oxidation sites excluding steroid dienone is 4. The zero-order valence-corrected chi connectivity index (χ0v) is 15.2. The molecule has 0 aromatic heterocycles. The van der Waals surface area contributed by atoms with E-state index in [1.54, 1.807) is 12.1 Å². The molecule has 0 spiro atoms. The van der Waals surface area contributed by atoms with Crippen molar-refractivity contribution in [3.63, 3.8) is 0 Å². The van der Waals surface area contributed by atoms with E-state index in [9.17, 15) is 14.0 Å². The van der Waals surface area contributed by atoms with Crippen LogP contribution >= 0.6 is 0 Å². The molecule has 0 unspecified atom stereocenters. The first kappa shape index (κ1) is 18.3. The summed E-state index contributed by atoms with van der Waals surface area (Å²) in [5, 5.41) is 0. The van der Waals surface area contributed by atoms with Crippen LogP contribution in [0.2, 0.25) is 0 Å². The van der Waals surface area contributed by atoms with Crippen molar-refractivity contribution in [2.45, 2.75) is 41.5 Å². The maximum absolute atomic E-state index is 13.3. The molecule has 1 aromatic rings. The van der Waals surface area contributed by atoms with Gasteiger partial charge in [0.25, 0.3) is 0 Å². The predicted molar refractivity (Wildman–Crippen MR) is 94.9 cm³/mol. The highest BCUT2D eigenvalue weighted by Crippen LogP contribution is 2.39. The minimum absolute atomic E-state index is 0.0117. The van der Waals surface area contributed by atoms with Crippen LogP contribution in [0.15, 0.2) is 41.0 Å². The molecule has 128 valence electrons. The van der Waals surface area contributed by atoms with E-state index in [1.807, 2.05) is 41.5 Å². The number of hydrogen-bond donors (Lipinski definition) is 0. The minimum atomic E-state index is -0.359. The fourth-order valence-electron chi connectivity index (χ4n) is 3.36. The Morgan fingerprint density at radius 1 is 0.667 bits per heavy atom. The van der Waals surface area contributed by atoms with Gasteiger partial charge in [-0.25, -0.2) is 4.39 Å². The highest BCUT2D eigenvalue weighted by Gasteiger charge is 2.37. The van der Waals surface area contributed by atoms with E-state index in [4.69, 9.17) is 0 Å². The summed E-state index contributed by atoms with van der Waals surface area (Å²) in [7, 11) is 0. The Kier molecular flexibility index (Phi) is 5.22.